The molecule has 0 heterocycles. The highest BCUT2D eigenvalue weighted by Crippen LogP contribution is 2.32. The van der Waals surface area contributed by atoms with Crippen molar-refractivity contribution in [1.29, 1.82) is 0 Å². The van der Waals surface area contributed by atoms with Gasteiger partial charge in [-0.2, -0.15) is 0 Å². The number of benzene rings is 1. The van der Waals surface area contributed by atoms with Crippen LogP contribution in [0.5, 0.6) is 5.75 Å². The summed E-state index contributed by atoms with van der Waals surface area (Å²) in [7, 11) is 1.62. The molecule has 0 spiro atoms. The second kappa shape index (κ2) is 6.64. The predicted molar refractivity (Wildman–Crippen MR) is 80.9 cm³/mol. The van der Waals surface area contributed by atoms with Crippen molar-refractivity contribution in [3.05, 3.63) is 23.8 Å². The average Bonchev–Trinajstić information content (AvgIpc) is 2.49. The van der Waals surface area contributed by atoms with Gasteiger partial charge in [0.05, 0.1) is 11.8 Å². The van der Waals surface area contributed by atoms with Crippen molar-refractivity contribution in [2.75, 3.05) is 12.8 Å². The highest BCUT2D eigenvalue weighted by Gasteiger charge is 2.23. The third kappa shape index (κ3) is 3.44. The molecule has 1 saturated carbocycles. The highest BCUT2D eigenvalue weighted by molar-refractivity contribution is 5.95. The average molecular weight is 276 g/mol. The molecule has 0 aromatic heterocycles. The van der Waals surface area contributed by atoms with Crippen molar-refractivity contribution >= 4 is 11.6 Å². The van der Waals surface area contributed by atoms with Crippen LogP contribution < -0.4 is 15.8 Å². The summed E-state index contributed by atoms with van der Waals surface area (Å²) in [6.45, 7) is 2.23. The Kier molecular flexibility index (Phi) is 4.88. The molecule has 2 rings (SSSR count). The van der Waals surface area contributed by atoms with Crippen LogP contribution in [0.3, 0.4) is 0 Å². The quantitative estimate of drug-likeness (QED) is 0.831. The van der Waals surface area contributed by atoms with Gasteiger partial charge < -0.3 is 15.8 Å². The van der Waals surface area contributed by atoms with E-state index >= 15 is 0 Å². The molecule has 0 bridgehead atoms. The molecule has 1 aliphatic rings. The smallest absolute Gasteiger partial charge is 0.251 e. The molecule has 2 atom stereocenters. The number of carbonyl (C=O) groups excluding carboxylic acids is 1. The molecule has 3 N–H and O–H groups in total. The normalized spacial score (nSPS) is 22.3. The van der Waals surface area contributed by atoms with Crippen molar-refractivity contribution in [3.8, 4) is 5.75 Å². The van der Waals surface area contributed by atoms with Gasteiger partial charge in [-0.15, -0.1) is 0 Å². The first kappa shape index (κ1) is 14.7. The number of hydrogen-bond acceptors (Lipinski definition) is 3. The second-order valence-electron chi connectivity index (χ2n) is 5.51. The van der Waals surface area contributed by atoms with Crippen LogP contribution in [0.25, 0.3) is 0 Å². The first-order valence-electron chi connectivity index (χ1n) is 7.42. The maximum absolute atomic E-state index is 11.7. The topological polar surface area (TPSA) is 64.3 Å². The van der Waals surface area contributed by atoms with Crippen LogP contribution >= 0.6 is 0 Å². The lowest BCUT2D eigenvalue weighted by molar-refractivity contribution is 0.0960. The van der Waals surface area contributed by atoms with Gasteiger partial charge in [0, 0.05) is 12.6 Å². The molecule has 20 heavy (non-hydrogen) atoms. The molecule has 4 nitrogen and oxygen atoms in total. The molecule has 0 aliphatic heterocycles. The highest BCUT2D eigenvalue weighted by atomic mass is 16.5. The lowest BCUT2D eigenvalue weighted by atomic mass is 9.85. The van der Waals surface area contributed by atoms with Gasteiger partial charge in [-0.3, -0.25) is 4.79 Å². The van der Waals surface area contributed by atoms with Crippen molar-refractivity contribution in [1.82, 2.24) is 5.32 Å². The zero-order valence-electron chi connectivity index (χ0n) is 12.3. The molecular weight excluding hydrogens is 252 g/mol. The Hall–Kier alpha value is -1.71. The van der Waals surface area contributed by atoms with E-state index in [0.717, 1.165) is 18.8 Å². The van der Waals surface area contributed by atoms with E-state index in [9.17, 15) is 4.79 Å². The number of rotatable bonds is 4. The first-order chi connectivity index (χ1) is 9.63. The SMILES string of the molecule is CCC1CCCC(Oc2cc(C(=O)NC)ccc2N)C1. The molecular formula is C16H24N2O2. The van der Waals surface area contributed by atoms with Crippen LogP contribution in [-0.2, 0) is 0 Å². The van der Waals surface area contributed by atoms with Gasteiger partial charge in [0.1, 0.15) is 5.75 Å². The zero-order chi connectivity index (χ0) is 14.5. The van der Waals surface area contributed by atoms with E-state index in [1.165, 1.54) is 19.3 Å². The lowest BCUT2D eigenvalue weighted by Crippen LogP contribution is -2.25. The number of anilines is 1. The molecule has 1 aromatic rings. The number of ether oxygens (including phenoxy) is 1. The van der Waals surface area contributed by atoms with Gasteiger partial charge in [0.2, 0.25) is 0 Å². The van der Waals surface area contributed by atoms with Crippen molar-refractivity contribution in [2.24, 2.45) is 5.92 Å². The predicted octanol–water partition coefficient (Wildman–Crippen LogP) is 2.98. The molecule has 110 valence electrons. The van der Waals surface area contributed by atoms with E-state index in [1.54, 1.807) is 25.2 Å². The maximum Gasteiger partial charge on any atom is 0.251 e. The fourth-order valence-corrected chi connectivity index (χ4v) is 2.82. The summed E-state index contributed by atoms with van der Waals surface area (Å²) in [6, 6.07) is 5.19. The summed E-state index contributed by atoms with van der Waals surface area (Å²) < 4.78 is 6.05. The van der Waals surface area contributed by atoms with Crippen LogP contribution in [0, 0.1) is 5.92 Å². The first-order valence-corrected chi connectivity index (χ1v) is 7.42. The van der Waals surface area contributed by atoms with E-state index in [0.29, 0.717) is 17.0 Å². The zero-order valence-corrected chi connectivity index (χ0v) is 12.3. The largest absolute Gasteiger partial charge is 0.488 e. The number of nitrogens with one attached hydrogen (secondary N) is 1. The van der Waals surface area contributed by atoms with Crippen LogP contribution in [0.15, 0.2) is 18.2 Å². The number of amides is 1. The van der Waals surface area contributed by atoms with Gasteiger partial charge in [-0.05, 0) is 43.4 Å². The summed E-state index contributed by atoms with van der Waals surface area (Å²) in [4.78, 5) is 11.7. The van der Waals surface area contributed by atoms with Crippen LogP contribution in [0.2, 0.25) is 0 Å². The van der Waals surface area contributed by atoms with Crippen molar-refractivity contribution < 1.29 is 9.53 Å². The van der Waals surface area contributed by atoms with E-state index in [4.69, 9.17) is 10.5 Å². The van der Waals surface area contributed by atoms with Gasteiger partial charge in [0.25, 0.3) is 5.91 Å². The van der Waals surface area contributed by atoms with E-state index in [1.807, 2.05) is 0 Å². The summed E-state index contributed by atoms with van der Waals surface area (Å²) >= 11 is 0. The minimum absolute atomic E-state index is 0.120. The third-order valence-corrected chi connectivity index (χ3v) is 4.11. The van der Waals surface area contributed by atoms with Crippen molar-refractivity contribution in [3.63, 3.8) is 0 Å². The Morgan fingerprint density at radius 2 is 2.25 bits per heavy atom. The minimum Gasteiger partial charge on any atom is -0.488 e. The van der Waals surface area contributed by atoms with Crippen LogP contribution in [-0.4, -0.2) is 19.1 Å². The Balaban J connectivity index is 2.10. The fraction of sp³-hybridized carbons (Fsp3) is 0.562. The summed E-state index contributed by atoms with van der Waals surface area (Å²) in [5, 5.41) is 2.61. The van der Waals surface area contributed by atoms with Gasteiger partial charge in [0.15, 0.2) is 0 Å². The van der Waals surface area contributed by atoms with Crippen LogP contribution in [0.1, 0.15) is 49.4 Å². The number of nitrogen functional groups attached to an aromatic ring is 1. The lowest BCUT2D eigenvalue weighted by Gasteiger charge is -2.29. The summed E-state index contributed by atoms with van der Waals surface area (Å²) in [5.41, 5.74) is 7.14. The molecule has 2 unspecified atom stereocenters. The second-order valence-corrected chi connectivity index (χ2v) is 5.51. The maximum atomic E-state index is 11.7. The Bertz CT molecular complexity index is 474. The molecule has 1 amide bonds. The fourth-order valence-electron chi connectivity index (χ4n) is 2.82. The Morgan fingerprint density at radius 1 is 1.45 bits per heavy atom. The van der Waals surface area contributed by atoms with E-state index in [2.05, 4.69) is 12.2 Å². The van der Waals surface area contributed by atoms with Gasteiger partial charge >= 0.3 is 0 Å². The van der Waals surface area contributed by atoms with E-state index < -0.39 is 0 Å². The third-order valence-electron chi connectivity index (χ3n) is 4.11. The molecule has 1 aromatic carbocycles. The van der Waals surface area contributed by atoms with Gasteiger partial charge in [-0.25, -0.2) is 0 Å². The van der Waals surface area contributed by atoms with E-state index in [-0.39, 0.29) is 12.0 Å². The molecule has 0 saturated heterocycles. The molecule has 4 heteroatoms. The Morgan fingerprint density at radius 3 is 2.95 bits per heavy atom. The number of nitrogens with two attached hydrogens (primary N) is 1. The molecule has 1 fully saturated rings. The number of carbonyl (C=O) groups is 1. The monoisotopic (exact) mass is 276 g/mol. The molecule has 1 aliphatic carbocycles. The molecule has 0 radical (unpaired) electrons. The van der Waals surface area contributed by atoms with Gasteiger partial charge in [-0.1, -0.05) is 19.8 Å². The van der Waals surface area contributed by atoms with Crippen molar-refractivity contribution in [2.45, 2.75) is 45.1 Å². The summed E-state index contributed by atoms with van der Waals surface area (Å²) in [6.07, 6.45) is 6.08. The van der Waals surface area contributed by atoms with Crippen LogP contribution in [0.4, 0.5) is 5.69 Å². The minimum atomic E-state index is -0.120. The standard InChI is InChI=1S/C16H24N2O2/c1-3-11-5-4-6-13(9-11)20-15-10-12(16(19)18-2)7-8-14(15)17/h7-8,10-11,13H,3-6,9,17H2,1-2H3,(H,18,19). The summed E-state index contributed by atoms with van der Waals surface area (Å²) in [5.74, 6) is 1.26. The number of hydrogen-bond donors (Lipinski definition) is 2. The Labute approximate surface area is 120 Å².